The fraction of sp³-hybridized carbons (Fsp3) is 0.375. The highest BCUT2D eigenvalue weighted by molar-refractivity contribution is 6.33. The van der Waals surface area contributed by atoms with E-state index in [0.29, 0.717) is 5.69 Å². The van der Waals surface area contributed by atoms with Gasteiger partial charge in [0.05, 0.1) is 10.6 Å². The van der Waals surface area contributed by atoms with Gasteiger partial charge in [0, 0.05) is 12.3 Å². The van der Waals surface area contributed by atoms with E-state index in [1.165, 1.54) is 12.3 Å². The monoisotopic (exact) mass is 202 g/mol. The molecule has 0 fully saturated rings. The van der Waals surface area contributed by atoms with E-state index in [1.807, 2.05) is 13.8 Å². The van der Waals surface area contributed by atoms with Crippen LogP contribution in [0.25, 0.3) is 0 Å². The summed E-state index contributed by atoms with van der Waals surface area (Å²) in [5.74, 6) is 0. The Balaban J connectivity index is 0.000000671. The van der Waals surface area contributed by atoms with Gasteiger partial charge in [-0.1, -0.05) is 25.4 Å². The first kappa shape index (κ1) is 11.8. The molecule has 0 bridgehead atoms. The first-order valence-corrected chi connectivity index (χ1v) is 4.26. The normalized spacial score (nSPS) is 8.62. The standard InChI is InChI=1S/C6H5ClN2O2.C2H6/c1-4-6(7)5(9(10)11)2-3-8-4;1-2/h2-3H,1H3;1-2H3. The molecule has 0 aromatic carbocycles. The summed E-state index contributed by atoms with van der Waals surface area (Å²) in [4.78, 5) is 13.5. The number of hydrogen-bond donors (Lipinski definition) is 0. The van der Waals surface area contributed by atoms with Crippen LogP contribution in [-0.2, 0) is 0 Å². The van der Waals surface area contributed by atoms with Crippen LogP contribution in [-0.4, -0.2) is 9.91 Å². The van der Waals surface area contributed by atoms with Crippen molar-refractivity contribution < 1.29 is 4.92 Å². The summed E-state index contributed by atoms with van der Waals surface area (Å²) in [6, 6.07) is 1.27. The lowest BCUT2D eigenvalue weighted by Crippen LogP contribution is -1.91. The molecule has 4 nitrogen and oxygen atoms in total. The molecule has 13 heavy (non-hydrogen) atoms. The Bertz CT molecular complexity index is 302. The Labute approximate surface area is 81.7 Å². The Hall–Kier alpha value is -1.16. The number of nitrogens with zero attached hydrogens (tertiary/aromatic N) is 2. The summed E-state index contributed by atoms with van der Waals surface area (Å²) in [7, 11) is 0. The van der Waals surface area contributed by atoms with Crippen LogP contribution in [0.2, 0.25) is 5.02 Å². The van der Waals surface area contributed by atoms with Crippen molar-refractivity contribution in [3.8, 4) is 0 Å². The van der Waals surface area contributed by atoms with E-state index >= 15 is 0 Å². The molecule has 0 unspecified atom stereocenters. The predicted molar refractivity (Wildman–Crippen MR) is 52.0 cm³/mol. The summed E-state index contributed by atoms with van der Waals surface area (Å²) < 4.78 is 0. The van der Waals surface area contributed by atoms with Crippen molar-refractivity contribution in [2.45, 2.75) is 20.8 Å². The Morgan fingerprint density at radius 2 is 2.08 bits per heavy atom. The SMILES string of the molecule is CC.Cc1nccc([N+](=O)[O-])c1Cl. The molecule has 0 saturated carbocycles. The lowest BCUT2D eigenvalue weighted by molar-refractivity contribution is -0.384. The van der Waals surface area contributed by atoms with Gasteiger partial charge in [-0.2, -0.15) is 0 Å². The second kappa shape index (κ2) is 5.48. The predicted octanol–water partition coefficient (Wildman–Crippen LogP) is 2.98. The fourth-order valence-electron chi connectivity index (χ4n) is 0.676. The molecule has 0 spiro atoms. The van der Waals surface area contributed by atoms with E-state index in [2.05, 4.69) is 4.98 Å². The summed E-state index contributed by atoms with van der Waals surface area (Å²) in [6.45, 7) is 5.62. The third-order valence-corrected chi connectivity index (χ3v) is 1.71. The first-order chi connectivity index (χ1) is 6.13. The number of aryl methyl sites for hydroxylation is 1. The number of rotatable bonds is 1. The van der Waals surface area contributed by atoms with Gasteiger partial charge in [0.15, 0.2) is 0 Å². The van der Waals surface area contributed by atoms with E-state index in [9.17, 15) is 10.1 Å². The van der Waals surface area contributed by atoms with Crippen LogP contribution < -0.4 is 0 Å². The maximum absolute atomic E-state index is 10.3. The van der Waals surface area contributed by atoms with Crippen molar-refractivity contribution in [2.24, 2.45) is 0 Å². The number of pyridine rings is 1. The maximum Gasteiger partial charge on any atom is 0.291 e. The van der Waals surface area contributed by atoms with Crippen molar-refractivity contribution in [3.63, 3.8) is 0 Å². The van der Waals surface area contributed by atoms with Gasteiger partial charge in [0.1, 0.15) is 5.02 Å². The van der Waals surface area contributed by atoms with Crippen molar-refractivity contribution >= 4 is 17.3 Å². The van der Waals surface area contributed by atoms with Gasteiger partial charge in [-0.05, 0) is 6.92 Å². The average molecular weight is 203 g/mol. The number of halogens is 1. The van der Waals surface area contributed by atoms with E-state index in [1.54, 1.807) is 6.92 Å². The molecular formula is C8H11ClN2O2. The Morgan fingerprint density at radius 3 is 2.46 bits per heavy atom. The quantitative estimate of drug-likeness (QED) is 0.520. The number of aromatic nitrogens is 1. The Morgan fingerprint density at radius 1 is 1.54 bits per heavy atom. The molecule has 0 aliphatic carbocycles. The molecule has 72 valence electrons. The van der Waals surface area contributed by atoms with Gasteiger partial charge in [-0.3, -0.25) is 15.1 Å². The zero-order chi connectivity index (χ0) is 10.4. The number of hydrogen-bond acceptors (Lipinski definition) is 3. The molecule has 0 saturated heterocycles. The van der Waals surface area contributed by atoms with Crippen LogP contribution in [0.5, 0.6) is 0 Å². The lowest BCUT2D eigenvalue weighted by atomic mass is 10.3. The van der Waals surface area contributed by atoms with Gasteiger partial charge in [-0.25, -0.2) is 0 Å². The molecule has 1 heterocycles. The molecule has 0 radical (unpaired) electrons. The third-order valence-electron chi connectivity index (χ3n) is 1.24. The molecule has 0 aliphatic rings. The maximum atomic E-state index is 10.3. The van der Waals surface area contributed by atoms with E-state index in [-0.39, 0.29) is 10.7 Å². The van der Waals surface area contributed by atoms with Gasteiger partial charge >= 0.3 is 0 Å². The molecule has 5 heteroatoms. The molecule has 1 aromatic heterocycles. The van der Waals surface area contributed by atoms with Crippen LogP contribution in [0, 0.1) is 17.0 Å². The average Bonchev–Trinajstić information content (AvgIpc) is 2.13. The minimum Gasteiger partial charge on any atom is -0.260 e. The van der Waals surface area contributed by atoms with Crippen LogP contribution in [0.3, 0.4) is 0 Å². The smallest absolute Gasteiger partial charge is 0.260 e. The van der Waals surface area contributed by atoms with Crippen LogP contribution >= 0.6 is 11.6 Å². The van der Waals surface area contributed by atoms with Crippen molar-refractivity contribution in [3.05, 3.63) is 33.1 Å². The summed E-state index contributed by atoms with van der Waals surface area (Å²) in [5, 5.41) is 10.4. The zero-order valence-corrected chi connectivity index (χ0v) is 8.50. The lowest BCUT2D eigenvalue weighted by Gasteiger charge is -1.95. The molecular weight excluding hydrogens is 192 g/mol. The summed E-state index contributed by atoms with van der Waals surface area (Å²) in [6.07, 6.45) is 1.36. The topological polar surface area (TPSA) is 56.0 Å². The highest BCUT2D eigenvalue weighted by atomic mass is 35.5. The minimum absolute atomic E-state index is 0.0980. The highest BCUT2D eigenvalue weighted by Gasteiger charge is 2.13. The van der Waals surface area contributed by atoms with E-state index in [0.717, 1.165) is 0 Å². The first-order valence-electron chi connectivity index (χ1n) is 3.88. The minimum atomic E-state index is -0.531. The third kappa shape index (κ3) is 2.99. The van der Waals surface area contributed by atoms with Crippen LogP contribution in [0.15, 0.2) is 12.3 Å². The van der Waals surface area contributed by atoms with Gasteiger partial charge in [0.2, 0.25) is 0 Å². The molecule has 1 aromatic rings. The molecule has 0 amide bonds. The van der Waals surface area contributed by atoms with Crippen molar-refractivity contribution in [1.82, 2.24) is 4.98 Å². The molecule has 0 aliphatic heterocycles. The second-order valence-electron chi connectivity index (χ2n) is 1.99. The number of nitro groups is 1. The van der Waals surface area contributed by atoms with E-state index < -0.39 is 4.92 Å². The van der Waals surface area contributed by atoms with E-state index in [4.69, 9.17) is 11.6 Å². The summed E-state index contributed by atoms with van der Waals surface area (Å²) >= 11 is 5.58. The zero-order valence-electron chi connectivity index (χ0n) is 7.74. The van der Waals surface area contributed by atoms with Gasteiger partial charge in [0.25, 0.3) is 5.69 Å². The highest BCUT2D eigenvalue weighted by Crippen LogP contribution is 2.24. The van der Waals surface area contributed by atoms with Crippen LogP contribution in [0.1, 0.15) is 19.5 Å². The van der Waals surface area contributed by atoms with Crippen LogP contribution in [0.4, 0.5) is 5.69 Å². The van der Waals surface area contributed by atoms with Gasteiger partial charge in [-0.15, -0.1) is 0 Å². The fourth-order valence-corrected chi connectivity index (χ4v) is 0.857. The molecule has 0 N–H and O–H groups in total. The largest absolute Gasteiger partial charge is 0.291 e. The Kier molecular flexibility index (Phi) is 4.99. The van der Waals surface area contributed by atoms with Gasteiger partial charge < -0.3 is 0 Å². The molecule has 0 atom stereocenters. The summed E-state index contributed by atoms with van der Waals surface area (Å²) in [5.41, 5.74) is 0.375. The second-order valence-corrected chi connectivity index (χ2v) is 2.36. The van der Waals surface area contributed by atoms with Crippen molar-refractivity contribution in [2.75, 3.05) is 0 Å². The van der Waals surface area contributed by atoms with Crippen molar-refractivity contribution in [1.29, 1.82) is 0 Å². The molecule has 1 rings (SSSR count).